The molecule has 34 heavy (non-hydrogen) atoms. The van der Waals surface area contributed by atoms with E-state index in [1.807, 2.05) is 0 Å². The molecular weight excluding hydrogens is 426 g/mol. The lowest BCUT2D eigenvalue weighted by Gasteiger charge is -2.43. The largest absolute Gasteiger partial charge is 0.494 e. The lowest BCUT2D eigenvalue weighted by Crippen LogP contribution is -2.40. The first-order chi connectivity index (χ1) is 16.7. The molecule has 3 aliphatic carbocycles. The van der Waals surface area contributed by atoms with Crippen LogP contribution in [0.25, 0.3) is 0 Å². The monoisotopic (exact) mass is 469 g/mol. The Morgan fingerprint density at radius 2 is 1.68 bits per heavy atom. The maximum Gasteiger partial charge on any atom is 0.119 e. The first-order valence-corrected chi connectivity index (χ1v) is 14.1. The van der Waals surface area contributed by atoms with Gasteiger partial charge in [-0.1, -0.05) is 12.1 Å². The molecule has 3 saturated carbocycles. The standard InChI is InChI=1S/C29H43NO4/c1-3-26(25-4-6-27(7-5-25)32-12-2-9-30-10-13-31-14-11-30)21-29(8-1)20-24-16-22-15-23(17-24)19-28(18-22)33-34-29/h4-7,22-24,26,28H,1-3,8-21H2/t22?,23?,24?,26-,28?,29+/m1/s1. The topological polar surface area (TPSA) is 40.2 Å². The first-order valence-electron chi connectivity index (χ1n) is 14.1. The third kappa shape index (κ3) is 5.48. The highest BCUT2D eigenvalue weighted by Gasteiger charge is 2.47. The van der Waals surface area contributed by atoms with Crippen LogP contribution in [0.2, 0.25) is 0 Å². The maximum atomic E-state index is 6.43. The van der Waals surface area contributed by atoms with Crippen molar-refractivity contribution in [2.24, 2.45) is 17.8 Å². The number of nitrogens with zero attached hydrogens (tertiary/aromatic N) is 1. The molecule has 0 N–H and O–H groups in total. The second-order valence-corrected chi connectivity index (χ2v) is 12.0. The number of morpholine rings is 1. The van der Waals surface area contributed by atoms with E-state index < -0.39 is 0 Å². The van der Waals surface area contributed by atoms with Gasteiger partial charge < -0.3 is 9.47 Å². The fraction of sp³-hybridized carbons (Fsp3) is 0.793. The van der Waals surface area contributed by atoms with Crippen LogP contribution in [-0.2, 0) is 14.5 Å². The van der Waals surface area contributed by atoms with Gasteiger partial charge in [0.25, 0.3) is 0 Å². The minimum atomic E-state index is -0.0817. The predicted molar refractivity (Wildman–Crippen MR) is 132 cm³/mol. The van der Waals surface area contributed by atoms with Gasteiger partial charge in [0, 0.05) is 19.6 Å². The third-order valence-electron chi connectivity index (χ3n) is 9.36. The highest BCUT2D eigenvalue weighted by atomic mass is 17.2. The van der Waals surface area contributed by atoms with Gasteiger partial charge in [0.15, 0.2) is 0 Å². The summed E-state index contributed by atoms with van der Waals surface area (Å²) in [5.41, 5.74) is 1.36. The Bertz CT molecular complexity index is 780. The van der Waals surface area contributed by atoms with Crippen molar-refractivity contribution in [1.82, 2.24) is 4.90 Å². The van der Waals surface area contributed by atoms with Gasteiger partial charge in [0.2, 0.25) is 0 Å². The fourth-order valence-corrected chi connectivity index (χ4v) is 7.91. The fourth-order valence-electron chi connectivity index (χ4n) is 7.91. The zero-order valence-corrected chi connectivity index (χ0v) is 20.8. The second-order valence-electron chi connectivity index (χ2n) is 12.0. The van der Waals surface area contributed by atoms with E-state index in [1.165, 1.54) is 56.9 Å². The zero-order chi connectivity index (χ0) is 22.8. The molecule has 6 fully saturated rings. The van der Waals surface area contributed by atoms with Crippen LogP contribution >= 0.6 is 0 Å². The number of hydrogen-bond acceptors (Lipinski definition) is 5. The molecule has 0 amide bonds. The molecule has 6 aliphatic rings. The van der Waals surface area contributed by atoms with E-state index in [2.05, 4.69) is 29.2 Å². The first kappa shape index (κ1) is 23.3. The van der Waals surface area contributed by atoms with Crippen LogP contribution in [0.4, 0.5) is 0 Å². The Kier molecular flexibility index (Phi) is 7.16. The van der Waals surface area contributed by atoms with E-state index in [0.717, 1.165) is 82.2 Å². The lowest BCUT2D eigenvalue weighted by atomic mass is 9.63. The SMILES string of the molecule is c1cc([C@@H]2CCC[C@]3(CC4CC5CC(C4)CC(C5)OO3)C2)ccc1OCCCN1CCOCC1. The molecule has 3 aliphatic heterocycles. The molecule has 1 aromatic carbocycles. The van der Waals surface area contributed by atoms with E-state index >= 15 is 0 Å². The minimum absolute atomic E-state index is 0.0817. The van der Waals surface area contributed by atoms with Gasteiger partial charge in [0.05, 0.1) is 25.9 Å². The third-order valence-corrected chi connectivity index (χ3v) is 9.36. The Morgan fingerprint density at radius 3 is 2.47 bits per heavy atom. The van der Waals surface area contributed by atoms with Gasteiger partial charge in [-0.05, 0) is 112 Å². The minimum Gasteiger partial charge on any atom is -0.494 e. The van der Waals surface area contributed by atoms with Gasteiger partial charge in [0.1, 0.15) is 11.4 Å². The van der Waals surface area contributed by atoms with Gasteiger partial charge in [-0.3, -0.25) is 4.90 Å². The molecule has 1 spiro atoms. The maximum absolute atomic E-state index is 6.43. The summed E-state index contributed by atoms with van der Waals surface area (Å²) in [5.74, 6) is 4.14. The molecule has 5 nitrogen and oxygen atoms in total. The smallest absolute Gasteiger partial charge is 0.119 e. The molecule has 0 radical (unpaired) electrons. The average Bonchev–Trinajstić information content (AvgIpc) is 2.93. The highest BCUT2D eigenvalue weighted by Crippen LogP contribution is 2.52. The van der Waals surface area contributed by atoms with Crippen LogP contribution in [0.15, 0.2) is 24.3 Å². The van der Waals surface area contributed by atoms with Crippen molar-refractivity contribution in [3.05, 3.63) is 29.8 Å². The van der Waals surface area contributed by atoms with Crippen LogP contribution in [0.1, 0.15) is 82.1 Å². The van der Waals surface area contributed by atoms with Gasteiger partial charge in [-0.2, -0.15) is 0 Å². The lowest BCUT2D eigenvalue weighted by molar-refractivity contribution is -0.394. The highest BCUT2D eigenvalue weighted by molar-refractivity contribution is 5.30. The molecule has 0 aromatic heterocycles. The molecule has 5 heteroatoms. The zero-order valence-electron chi connectivity index (χ0n) is 20.8. The van der Waals surface area contributed by atoms with Crippen molar-refractivity contribution in [2.75, 3.05) is 39.5 Å². The van der Waals surface area contributed by atoms with E-state index in [4.69, 9.17) is 19.2 Å². The van der Waals surface area contributed by atoms with Crippen LogP contribution in [-0.4, -0.2) is 56.1 Å². The molecule has 7 rings (SSSR count). The normalized spacial score (nSPS) is 38.4. The summed E-state index contributed by atoms with van der Waals surface area (Å²) in [6.45, 7) is 5.70. The summed E-state index contributed by atoms with van der Waals surface area (Å²) in [6, 6.07) is 8.94. The Hall–Kier alpha value is -1.14. The number of rotatable bonds is 6. The van der Waals surface area contributed by atoms with Crippen molar-refractivity contribution >= 4 is 0 Å². The molecule has 4 bridgehead atoms. The molecule has 1 aromatic rings. The van der Waals surface area contributed by atoms with Crippen molar-refractivity contribution < 1.29 is 19.2 Å². The summed E-state index contributed by atoms with van der Waals surface area (Å²) in [4.78, 5) is 15.1. The van der Waals surface area contributed by atoms with Crippen molar-refractivity contribution in [3.63, 3.8) is 0 Å². The van der Waals surface area contributed by atoms with Crippen LogP contribution in [0.5, 0.6) is 5.75 Å². The summed E-state index contributed by atoms with van der Waals surface area (Å²) < 4.78 is 11.5. The van der Waals surface area contributed by atoms with E-state index in [1.54, 1.807) is 0 Å². The van der Waals surface area contributed by atoms with Gasteiger partial charge >= 0.3 is 0 Å². The van der Waals surface area contributed by atoms with Crippen LogP contribution < -0.4 is 4.74 Å². The van der Waals surface area contributed by atoms with E-state index in [0.29, 0.717) is 12.0 Å². The van der Waals surface area contributed by atoms with E-state index in [-0.39, 0.29) is 5.60 Å². The molecule has 188 valence electrons. The molecule has 2 unspecified atom stereocenters. The van der Waals surface area contributed by atoms with Crippen LogP contribution in [0, 0.1) is 17.8 Å². The molecule has 3 heterocycles. The molecular formula is C29H43NO4. The Labute approximate surface area is 205 Å². The second kappa shape index (κ2) is 10.5. The van der Waals surface area contributed by atoms with Crippen molar-refractivity contribution in [3.8, 4) is 5.75 Å². The number of fused-ring (bicyclic) bond motifs is 1. The Balaban J connectivity index is 1.04. The summed E-state index contributed by atoms with van der Waals surface area (Å²) in [5, 5.41) is 0. The van der Waals surface area contributed by atoms with E-state index in [9.17, 15) is 0 Å². The summed E-state index contributed by atoms with van der Waals surface area (Å²) in [6.07, 6.45) is 14.0. The molecule has 3 saturated heterocycles. The summed E-state index contributed by atoms with van der Waals surface area (Å²) in [7, 11) is 0. The predicted octanol–water partition coefficient (Wildman–Crippen LogP) is 5.73. The molecule has 4 atom stereocenters. The van der Waals surface area contributed by atoms with Crippen LogP contribution in [0.3, 0.4) is 0 Å². The van der Waals surface area contributed by atoms with Gasteiger partial charge in [-0.15, -0.1) is 0 Å². The van der Waals surface area contributed by atoms with Crippen molar-refractivity contribution in [1.29, 1.82) is 0 Å². The quantitative estimate of drug-likeness (QED) is 0.393. The van der Waals surface area contributed by atoms with Gasteiger partial charge in [-0.25, -0.2) is 9.78 Å². The number of benzene rings is 1. The average molecular weight is 470 g/mol. The van der Waals surface area contributed by atoms with Crippen molar-refractivity contribution in [2.45, 2.75) is 88.3 Å². The summed E-state index contributed by atoms with van der Waals surface area (Å²) >= 11 is 0. The number of ether oxygens (including phenoxy) is 2. The number of hydrogen-bond donors (Lipinski definition) is 0. The Morgan fingerprint density at radius 1 is 0.912 bits per heavy atom.